The van der Waals surface area contributed by atoms with Gasteiger partial charge in [-0.15, -0.1) is 0 Å². The fourth-order valence-corrected chi connectivity index (χ4v) is 3.79. The van der Waals surface area contributed by atoms with E-state index in [4.69, 9.17) is 4.74 Å². The van der Waals surface area contributed by atoms with Crippen LogP contribution in [0.15, 0.2) is 53.6 Å². The van der Waals surface area contributed by atoms with Crippen LogP contribution in [0.3, 0.4) is 0 Å². The summed E-state index contributed by atoms with van der Waals surface area (Å²) in [7, 11) is -2.01. The van der Waals surface area contributed by atoms with Crippen molar-refractivity contribution in [3.05, 3.63) is 48.7 Å². The van der Waals surface area contributed by atoms with Crippen molar-refractivity contribution in [2.45, 2.75) is 24.8 Å². The zero-order valence-corrected chi connectivity index (χ0v) is 15.0. The number of anilines is 2. The molecule has 0 aliphatic rings. The summed E-state index contributed by atoms with van der Waals surface area (Å²) in [4.78, 5) is 4.37. The van der Waals surface area contributed by atoms with E-state index >= 15 is 0 Å². The third kappa shape index (κ3) is 4.24. The molecule has 6 nitrogen and oxygen atoms in total. The van der Waals surface area contributed by atoms with E-state index in [-0.39, 0.29) is 10.9 Å². The average Bonchev–Trinajstić information content (AvgIpc) is 2.57. The molecular weight excluding hydrogens is 326 g/mol. The van der Waals surface area contributed by atoms with Gasteiger partial charge in [-0.1, -0.05) is 18.2 Å². The van der Waals surface area contributed by atoms with Crippen molar-refractivity contribution in [3.63, 3.8) is 0 Å². The minimum atomic E-state index is -3.64. The molecule has 1 aromatic carbocycles. The number of hydrogen-bond acceptors (Lipinski definition) is 5. The number of para-hydroxylation sites is 1. The molecule has 130 valence electrons. The van der Waals surface area contributed by atoms with Gasteiger partial charge in [0.15, 0.2) is 0 Å². The van der Waals surface area contributed by atoms with Gasteiger partial charge in [0.05, 0.1) is 12.3 Å². The van der Waals surface area contributed by atoms with E-state index in [0.29, 0.717) is 24.7 Å². The van der Waals surface area contributed by atoms with Crippen molar-refractivity contribution in [1.29, 1.82) is 0 Å². The van der Waals surface area contributed by atoms with Crippen LogP contribution < -0.4 is 9.62 Å². The largest absolute Gasteiger partial charge is 0.383 e. The molecular formula is C17H23N3O3S. The monoisotopic (exact) mass is 349 g/mol. The molecule has 0 bridgehead atoms. The Balaban J connectivity index is 2.23. The van der Waals surface area contributed by atoms with Gasteiger partial charge in [-0.2, -0.15) is 0 Å². The quantitative estimate of drug-likeness (QED) is 0.793. The Bertz CT molecular complexity index is 733. The molecule has 1 atom stereocenters. The Morgan fingerprint density at radius 3 is 2.46 bits per heavy atom. The molecule has 2 aromatic rings. The first-order valence-corrected chi connectivity index (χ1v) is 9.22. The van der Waals surface area contributed by atoms with E-state index in [9.17, 15) is 8.42 Å². The number of nitrogens with zero attached hydrogens (tertiary/aromatic N) is 2. The van der Waals surface area contributed by atoms with Gasteiger partial charge in [0.2, 0.25) is 0 Å². The number of ether oxygens (including phenoxy) is 1. The summed E-state index contributed by atoms with van der Waals surface area (Å²) in [5, 5.41) is 3.15. The minimum absolute atomic E-state index is 0.0846. The smallest absolute Gasteiger partial charge is 0.265 e. The highest BCUT2D eigenvalue weighted by atomic mass is 32.2. The third-order valence-electron chi connectivity index (χ3n) is 3.47. The molecule has 0 radical (unpaired) electrons. The summed E-state index contributed by atoms with van der Waals surface area (Å²) in [6.45, 7) is 4.65. The number of pyridine rings is 1. The van der Waals surface area contributed by atoms with E-state index in [1.54, 1.807) is 38.3 Å². The Labute approximate surface area is 143 Å². The molecule has 1 N–H and O–H groups in total. The van der Waals surface area contributed by atoms with Crippen LogP contribution in [-0.2, 0) is 14.8 Å². The number of benzene rings is 1. The van der Waals surface area contributed by atoms with Gasteiger partial charge in [-0.25, -0.2) is 13.4 Å². The summed E-state index contributed by atoms with van der Waals surface area (Å²) < 4.78 is 32.1. The molecule has 1 aromatic heterocycles. The van der Waals surface area contributed by atoms with E-state index in [0.717, 1.165) is 0 Å². The summed E-state index contributed by atoms with van der Waals surface area (Å²) in [5.41, 5.74) is 0.635. The topological polar surface area (TPSA) is 71.5 Å². The molecule has 0 saturated carbocycles. The predicted octanol–water partition coefficient (Wildman–Crippen LogP) is 2.74. The lowest BCUT2D eigenvalue weighted by Gasteiger charge is -2.23. The fraction of sp³-hybridized carbons (Fsp3) is 0.353. The predicted molar refractivity (Wildman–Crippen MR) is 95.8 cm³/mol. The Kier molecular flexibility index (Phi) is 6.16. The molecule has 7 heteroatoms. The van der Waals surface area contributed by atoms with Crippen LogP contribution >= 0.6 is 0 Å². The van der Waals surface area contributed by atoms with Crippen molar-refractivity contribution in [1.82, 2.24) is 4.98 Å². The van der Waals surface area contributed by atoms with Gasteiger partial charge in [0.25, 0.3) is 10.0 Å². The number of hydrogen-bond donors (Lipinski definition) is 1. The summed E-state index contributed by atoms with van der Waals surface area (Å²) in [6.07, 6.45) is 1.38. The lowest BCUT2D eigenvalue weighted by molar-refractivity contribution is 0.190. The first-order chi connectivity index (χ1) is 11.5. The van der Waals surface area contributed by atoms with Crippen LogP contribution in [0.5, 0.6) is 0 Å². The van der Waals surface area contributed by atoms with Gasteiger partial charge in [-0.3, -0.25) is 4.31 Å². The molecule has 0 spiro atoms. The van der Waals surface area contributed by atoms with Gasteiger partial charge in [0.1, 0.15) is 10.7 Å². The molecule has 0 aliphatic heterocycles. The van der Waals surface area contributed by atoms with Crippen LogP contribution in [-0.4, -0.2) is 39.7 Å². The highest BCUT2D eigenvalue weighted by Crippen LogP contribution is 2.23. The molecule has 0 fully saturated rings. The average molecular weight is 349 g/mol. The summed E-state index contributed by atoms with van der Waals surface area (Å²) in [5.74, 6) is 0.612. The second kappa shape index (κ2) is 8.12. The van der Waals surface area contributed by atoms with Crippen molar-refractivity contribution in [2.75, 3.05) is 29.9 Å². The maximum atomic E-state index is 12.8. The minimum Gasteiger partial charge on any atom is -0.383 e. The summed E-state index contributed by atoms with van der Waals surface area (Å²) >= 11 is 0. The van der Waals surface area contributed by atoms with E-state index < -0.39 is 10.0 Å². The maximum Gasteiger partial charge on any atom is 0.265 e. The van der Waals surface area contributed by atoms with Crippen LogP contribution in [0.2, 0.25) is 0 Å². The number of sulfonamides is 1. The molecule has 0 saturated heterocycles. The second-order valence-electron chi connectivity index (χ2n) is 5.39. The molecule has 2 rings (SSSR count). The van der Waals surface area contributed by atoms with Crippen LogP contribution in [0.25, 0.3) is 0 Å². The van der Waals surface area contributed by atoms with Crippen molar-refractivity contribution < 1.29 is 13.2 Å². The SMILES string of the molecule is CCN(c1ccccc1)S(=O)(=O)c1ccc(NC(C)COC)nc1. The zero-order chi connectivity index (χ0) is 17.6. The van der Waals surface area contributed by atoms with E-state index in [1.807, 2.05) is 25.1 Å². The van der Waals surface area contributed by atoms with Gasteiger partial charge in [0, 0.05) is 25.9 Å². The van der Waals surface area contributed by atoms with Crippen molar-refractivity contribution in [3.8, 4) is 0 Å². The molecule has 24 heavy (non-hydrogen) atoms. The Hall–Kier alpha value is -2.12. The lowest BCUT2D eigenvalue weighted by atomic mass is 10.3. The zero-order valence-electron chi connectivity index (χ0n) is 14.1. The van der Waals surface area contributed by atoms with Gasteiger partial charge < -0.3 is 10.1 Å². The Morgan fingerprint density at radius 2 is 1.92 bits per heavy atom. The van der Waals surface area contributed by atoms with Gasteiger partial charge >= 0.3 is 0 Å². The molecule has 0 aliphatic carbocycles. The van der Waals surface area contributed by atoms with Crippen molar-refractivity contribution in [2.24, 2.45) is 0 Å². The number of rotatable bonds is 8. The standard InChI is InChI=1S/C17H23N3O3S/c1-4-20(15-8-6-5-7-9-15)24(21,22)16-10-11-17(18-12-16)19-14(2)13-23-3/h5-12,14H,4,13H2,1-3H3,(H,18,19). The maximum absolute atomic E-state index is 12.8. The first kappa shape index (κ1) is 18.2. The molecule has 1 unspecified atom stereocenters. The van der Waals surface area contributed by atoms with Gasteiger partial charge in [-0.05, 0) is 38.1 Å². The van der Waals surface area contributed by atoms with Crippen LogP contribution in [0.1, 0.15) is 13.8 Å². The first-order valence-electron chi connectivity index (χ1n) is 7.78. The number of aromatic nitrogens is 1. The van der Waals surface area contributed by atoms with Crippen LogP contribution in [0.4, 0.5) is 11.5 Å². The third-order valence-corrected chi connectivity index (χ3v) is 5.35. The fourth-order valence-electron chi connectivity index (χ4n) is 2.38. The second-order valence-corrected chi connectivity index (χ2v) is 7.25. The highest BCUT2D eigenvalue weighted by molar-refractivity contribution is 7.92. The lowest BCUT2D eigenvalue weighted by Crippen LogP contribution is -2.30. The number of methoxy groups -OCH3 is 1. The van der Waals surface area contributed by atoms with E-state index in [2.05, 4.69) is 10.3 Å². The highest BCUT2D eigenvalue weighted by Gasteiger charge is 2.23. The number of nitrogens with one attached hydrogen (secondary N) is 1. The van der Waals surface area contributed by atoms with Crippen molar-refractivity contribution >= 4 is 21.5 Å². The Morgan fingerprint density at radius 1 is 1.21 bits per heavy atom. The molecule has 0 amide bonds. The van der Waals surface area contributed by atoms with E-state index in [1.165, 1.54) is 10.5 Å². The molecule has 1 heterocycles. The normalized spacial score (nSPS) is 12.6. The summed E-state index contributed by atoms with van der Waals surface area (Å²) in [6, 6.07) is 12.3. The van der Waals surface area contributed by atoms with Crippen LogP contribution in [0, 0.1) is 0 Å².